The number of thiazole rings is 1. The molecule has 3 heterocycles. The summed E-state index contributed by atoms with van der Waals surface area (Å²) in [6.07, 6.45) is 4.78. The SMILES string of the molecule is CCNCc1cnc(N2CCN3CCCC3C2)s1. The number of piperazine rings is 1. The van der Waals surface area contributed by atoms with Crippen molar-refractivity contribution >= 4 is 16.5 Å². The van der Waals surface area contributed by atoms with Crippen molar-refractivity contribution in [2.45, 2.75) is 32.4 Å². The molecule has 1 aromatic rings. The molecule has 0 spiro atoms. The lowest BCUT2D eigenvalue weighted by Gasteiger charge is -2.37. The highest BCUT2D eigenvalue weighted by Gasteiger charge is 2.31. The Bertz CT molecular complexity index is 392. The average Bonchev–Trinajstić information content (AvgIpc) is 3.04. The molecule has 18 heavy (non-hydrogen) atoms. The molecule has 3 rings (SSSR count). The summed E-state index contributed by atoms with van der Waals surface area (Å²) in [7, 11) is 0. The highest BCUT2D eigenvalue weighted by molar-refractivity contribution is 7.15. The summed E-state index contributed by atoms with van der Waals surface area (Å²) in [5, 5.41) is 4.58. The fourth-order valence-corrected chi connectivity index (χ4v) is 3.85. The fraction of sp³-hybridized carbons (Fsp3) is 0.769. The second-order valence-electron chi connectivity index (χ2n) is 5.17. The molecule has 0 bridgehead atoms. The van der Waals surface area contributed by atoms with Crippen LogP contribution in [0.25, 0.3) is 0 Å². The Morgan fingerprint density at radius 2 is 2.39 bits per heavy atom. The molecule has 1 unspecified atom stereocenters. The summed E-state index contributed by atoms with van der Waals surface area (Å²) in [6.45, 7) is 8.96. The van der Waals surface area contributed by atoms with Crippen molar-refractivity contribution in [3.8, 4) is 0 Å². The second kappa shape index (κ2) is 5.55. The lowest BCUT2D eigenvalue weighted by molar-refractivity contribution is 0.231. The van der Waals surface area contributed by atoms with Crippen molar-refractivity contribution < 1.29 is 0 Å². The minimum Gasteiger partial charge on any atom is -0.345 e. The third-order valence-electron chi connectivity index (χ3n) is 3.95. The Hall–Kier alpha value is -0.650. The smallest absolute Gasteiger partial charge is 0.185 e. The Kier molecular flexibility index (Phi) is 3.82. The van der Waals surface area contributed by atoms with Gasteiger partial charge in [-0.15, -0.1) is 11.3 Å². The normalized spacial score (nSPS) is 24.5. The van der Waals surface area contributed by atoms with Crippen LogP contribution in [-0.4, -0.2) is 48.6 Å². The summed E-state index contributed by atoms with van der Waals surface area (Å²) in [4.78, 5) is 11.1. The van der Waals surface area contributed by atoms with E-state index in [9.17, 15) is 0 Å². The van der Waals surface area contributed by atoms with E-state index in [2.05, 4.69) is 27.0 Å². The maximum absolute atomic E-state index is 4.59. The van der Waals surface area contributed by atoms with Crippen molar-refractivity contribution in [3.05, 3.63) is 11.1 Å². The molecule has 0 aliphatic carbocycles. The molecule has 2 aliphatic heterocycles. The summed E-state index contributed by atoms with van der Waals surface area (Å²) < 4.78 is 0. The summed E-state index contributed by atoms with van der Waals surface area (Å²) in [5.41, 5.74) is 0. The van der Waals surface area contributed by atoms with Gasteiger partial charge < -0.3 is 10.2 Å². The third kappa shape index (κ3) is 2.53. The number of nitrogens with zero attached hydrogens (tertiary/aromatic N) is 3. The van der Waals surface area contributed by atoms with Crippen LogP contribution in [0.5, 0.6) is 0 Å². The maximum Gasteiger partial charge on any atom is 0.185 e. The van der Waals surface area contributed by atoms with Crippen molar-refractivity contribution in [2.24, 2.45) is 0 Å². The van der Waals surface area contributed by atoms with Gasteiger partial charge in [-0.05, 0) is 25.9 Å². The predicted octanol–water partition coefficient (Wildman–Crippen LogP) is 1.54. The third-order valence-corrected chi connectivity index (χ3v) is 5.01. The van der Waals surface area contributed by atoms with Crippen LogP contribution in [0.4, 0.5) is 5.13 Å². The standard InChI is InChI=1S/C13H22N4S/c1-2-14-8-12-9-15-13(18-12)17-7-6-16-5-3-4-11(16)10-17/h9,11,14H,2-8,10H2,1H3. The molecule has 0 saturated carbocycles. The van der Waals surface area contributed by atoms with E-state index in [4.69, 9.17) is 0 Å². The Balaban J connectivity index is 1.62. The average molecular weight is 266 g/mol. The van der Waals surface area contributed by atoms with Crippen molar-refractivity contribution in [1.29, 1.82) is 0 Å². The molecule has 0 aromatic carbocycles. The number of hydrogen-bond donors (Lipinski definition) is 1. The van der Waals surface area contributed by atoms with Gasteiger partial charge in [0.2, 0.25) is 0 Å². The van der Waals surface area contributed by atoms with Crippen LogP contribution in [-0.2, 0) is 6.54 Å². The fourth-order valence-electron chi connectivity index (χ4n) is 2.94. The van der Waals surface area contributed by atoms with Gasteiger partial charge in [-0.1, -0.05) is 6.92 Å². The van der Waals surface area contributed by atoms with E-state index in [1.54, 1.807) is 0 Å². The molecule has 2 aliphatic rings. The number of aromatic nitrogens is 1. The molecular formula is C13H22N4S. The lowest BCUT2D eigenvalue weighted by Crippen LogP contribution is -2.50. The largest absolute Gasteiger partial charge is 0.345 e. The Labute approximate surface area is 113 Å². The van der Waals surface area contributed by atoms with Gasteiger partial charge in [0.05, 0.1) is 0 Å². The maximum atomic E-state index is 4.59. The van der Waals surface area contributed by atoms with Crippen LogP contribution >= 0.6 is 11.3 Å². The quantitative estimate of drug-likeness (QED) is 0.896. The number of hydrogen-bond acceptors (Lipinski definition) is 5. The van der Waals surface area contributed by atoms with Crippen molar-refractivity contribution in [1.82, 2.24) is 15.2 Å². The molecule has 1 N–H and O–H groups in total. The number of nitrogens with one attached hydrogen (secondary N) is 1. The van der Waals surface area contributed by atoms with Gasteiger partial charge in [-0.2, -0.15) is 0 Å². The monoisotopic (exact) mass is 266 g/mol. The molecule has 4 nitrogen and oxygen atoms in total. The van der Waals surface area contributed by atoms with Gasteiger partial charge in [0.25, 0.3) is 0 Å². The molecule has 0 amide bonds. The van der Waals surface area contributed by atoms with Gasteiger partial charge >= 0.3 is 0 Å². The van der Waals surface area contributed by atoms with E-state index in [0.29, 0.717) is 0 Å². The first-order valence-corrected chi connectivity index (χ1v) is 7.83. The molecule has 2 saturated heterocycles. The first-order valence-electron chi connectivity index (χ1n) is 7.01. The first kappa shape index (κ1) is 12.4. The Morgan fingerprint density at radius 1 is 1.44 bits per heavy atom. The lowest BCUT2D eigenvalue weighted by atomic mass is 10.2. The summed E-state index contributed by atoms with van der Waals surface area (Å²) in [5.74, 6) is 0. The molecule has 5 heteroatoms. The van der Waals surface area contributed by atoms with E-state index in [1.165, 1.54) is 42.5 Å². The van der Waals surface area contributed by atoms with Crippen LogP contribution in [0.2, 0.25) is 0 Å². The van der Waals surface area contributed by atoms with Crippen LogP contribution in [0, 0.1) is 0 Å². The van der Waals surface area contributed by atoms with Crippen molar-refractivity contribution in [3.63, 3.8) is 0 Å². The van der Waals surface area contributed by atoms with Crippen LogP contribution in [0.3, 0.4) is 0 Å². The number of fused-ring (bicyclic) bond motifs is 1. The molecule has 0 radical (unpaired) electrons. The highest BCUT2D eigenvalue weighted by atomic mass is 32.1. The molecule has 1 aromatic heterocycles. The number of anilines is 1. The minimum atomic E-state index is 0.778. The molecule has 100 valence electrons. The topological polar surface area (TPSA) is 31.4 Å². The van der Waals surface area contributed by atoms with Gasteiger partial charge in [0.15, 0.2) is 5.13 Å². The van der Waals surface area contributed by atoms with E-state index < -0.39 is 0 Å². The van der Waals surface area contributed by atoms with Crippen LogP contribution in [0.1, 0.15) is 24.6 Å². The van der Waals surface area contributed by atoms with Gasteiger partial charge in [-0.3, -0.25) is 4.90 Å². The van der Waals surface area contributed by atoms with Crippen LogP contribution in [0.15, 0.2) is 6.20 Å². The molecule has 1 atom stereocenters. The Morgan fingerprint density at radius 3 is 3.28 bits per heavy atom. The van der Waals surface area contributed by atoms with Crippen molar-refractivity contribution in [2.75, 3.05) is 37.6 Å². The molecular weight excluding hydrogens is 244 g/mol. The van der Waals surface area contributed by atoms with E-state index in [1.807, 2.05) is 17.5 Å². The van der Waals surface area contributed by atoms with Gasteiger partial charge in [-0.25, -0.2) is 4.98 Å². The summed E-state index contributed by atoms with van der Waals surface area (Å²) in [6, 6.07) is 0.778. The second-order valence-corrected chi connectivity index (χ2v) is 6.26. The van der Waals surface area contributed by atoms with E-state index >= 15 is 0 Å². The number of rotatable bonds is 4. The van der Waals surface area contributed by atoms with Gasteiger partial charge in [0.1, 0.15) is 0 Å². The van der Waals surface area contributed by atoms with E-state index in [0.717, 1.165) is 25.7 Å². The highest BCUT2D eigenvalue weighted by Crippen LogP contribution is 2.28. The zero-order valence-electron chi connectivity index (χ0n) is 11.1. The zero-order chi connectivity index (χ0) is 12.4. The van der Waals surface area contributed by atoms with E-state index in [-0.39, 0.29) is 0 Å². The summed E-state index contributed by atoms with van der Waals surface area (Å²) >= 11 is 1.85. The first-order chi connectivity index (χ1) is 8.86. The minimum absolute atomic E-state index is 0.778. The predicted molar refractivity (Wildman–Crippen MR) is 76.3 cm³/mol. The van der Waals surface area contributed by atoms with Crippen LogP contribution < -0.4 is 10.2 Å². The van der Waals surface area contributed by atoms with Gasteiger partial charge in [0, 0.05) is 43.3 Å². The zero-order valence-corrected chi connectivity index (χ0v) is 11.9. The molecule has 2 fully saturated rings.